The van der Waals surface area contributed by atoms with Gasteiger partial charge < -0.3 is 10.6 Å². The number of halogens is 3. The molecule has 0 aromatic heterocycles. The smallest absolute Gasteiger partial charge is 0.326 e. The summed E-state index contributed by atoms with van der Waals surface area (Å²) in [7, 11) is 0. The minimum atomic E-state index is -4.50. The molecule has 2 bridgehead atoms. The van der Waals surface area contributed by atoms with E-state index in [0.717, 1.165) is 42.4 Å². The van der Waals surface area contributed by atoms with Gasteiger partial charge in [-0.15, -0.1) is 5.10 Å². The number of carbonyl (C=O) groups is 2. The van der Waals surface area contributed by atoms with Crippen LogP contribution < -0.4 is 10.6 Å². The topological polar surface area (TPSA) is 82.9 Å². The molecule has 3 atom stereocenters. The Kier molecular flexibility index (Phi) is 5.63. The van der Waals surface area contributed by atoms with Crippen molar-refractivity contribution in [2.45, 2.75) is 57.9 Å². The number of hydrogen-bond donors (Lipinski definition) is 2. The third-order valence-electron chi connectivity index (χ3n) is 7.39. The van der Waals surface area contributed by atoms with Gasteiger partial charge in [0, 0.05) is 23.2 Å². The first-order chi connectivity index (χ1) is 14.9. The van der Waals surface area contributed by atoms with Crippen molar-refractivity contribution in [3.63, 3.8) is 0 Å². The first-order valence-corrected chi connectivity index (χ1v) is 11.4. The summed E-state index contributed by atoms with van der Waals surface area (Å²) in [6, 6.07) is 4.38. The number of nitrogens with zero attached hydrogens (tertiary/aromatic N) is 2. The number of thioether (sulfide) groups is 1. The largest absolute Gasteiger partial charge is 0.416 e. The molecule has 3 fully saturated rings. The molecule has 0 unspecified atom stereocenters. The van der Waals surface area contributed by atoms with E-state index in [1.54, 1.807) is 0 Å². The molecule has 2 aliphatic carbocycles. The predicted molar refractivity (Wildman–Crippen MR) is 118 cm³/mol. The Morgan fingerprint density at radius 1 is 1.28 bits per heavy atom. The molecule has 0 spiro atoms. The first kappa shape index (κ1) is 22.8. The number of amidine groups is 1. The molecule has 4 rings (SSSR count). The van der Waals surface area contributed by atoms with Gasteiger partial charge in [0.25, 0.3) is 0 Å². The quantitative estimate of drug-likeness (QED) is 0.624. The maximum absolute atomic E-state index is 12.8. The normalized spacial score (nSPS) is 31.4. The van der Waals surface area contributed by atoms with Crippen LogP contribution in [0.5, 0.6) is 0 Å². The van der Waals surface area contributed by atoms with Crippen molar-refractivity contribution in [1.82, 2.24) is 5.32 Å². The predicted octanol–water partition coefficient (Wildman–Crippen LogP) is 4.82. The number of alkyl halides is 3. The summed E-state index contributed by atoms with van der Waals surface area (Å²) < 4.78 is 38.5. The van der Waals surface area contributed by atoms with Gasteiger partial charge in [0.1, 0.15) is 5.25 Å². The molecule has 2 amide bonds. The third-order valence-corrected chi connectivity index (χ3v) is 8.47. The van der Waals surface area contributed by atoms with Gasteiger partial charge in [0.05, 0.1) is 5.56 Å². The molecule has 1 aromatic rings. The Balaban J connectivity index is 1.38. The molecule has 2 N–H and O–H groups in total. The Hall–Kier alpha value is -2.36. The highest BCUT2D eigenvalue weighted by Gasteiger charge is 2.60. The van der Waals surface area contributed by atoms with Crippen molar-refractivity contribution in [2.75, 3.05) is 5.32 Å². The van der Waals surface area contributed by atoms with Gasteiger partial charge in [-0.25, -0.2) is 0 Å². The van der Waals surface area contributed by atoms with E-state index in [9.17, 15) is 22.8 Å². The minimum Gasteiger partial charge on any atom is -0.326 e. The maximum Gasteiger partial charge on any atom is 0.416 e. The van der Waals surface area contributed by atoms with Gasteiger partial charge in [-0.2, -0.15) is 18.3 Å². The van der Waals surface area contributed by atoms with Crippen molar-refractivity contribution in [3.8, 4) is 0 Å². The lowest BCUT2D eigenvalue weighted by atomic mass is 9.70. The Bertz CT molecular complexity index is 1020. The zero-order chi connectivity index (χ0) is 23.3. The highest BCUT2D eigenvalue weighted by molar-refractivity contribution is 8.15. The number of hydrogen-bond acceptors (Lipinski definition) is 5. The Morgan fingerprint density at radius 3 is 2.66 bits per heavy atom. The zero-order valence-electron chi connectivity index (χ0n) is 18.0. The maximum atomic E-state index is 12.8. The van der Waals surface area contributed by atoms with E-state index in [4.69, 9.17) is 0 Å². The summed E-state index contributed by atoms with van der Waals surface area (Å²) in [4.78, 5) is 24.6. The number of anilines is 1. The van der Waals surface area contributed by atoms with Crippen molar-refractivity contribution in [3.05, 3.63) is 29.8 Å². The van der Waals surface area contributed by atoms with E-state index in [-0.39, 0.29) is 28.8 Å². The molecular weight excluding hydrogens is 441 g/mol. The van der Waals surface area contributed by atoms with Crippen LogP contribution in [0.4, 0.5) is 18.9 Å². The monoisotopic (exact) mass is 466 g/mol. The van der Waals surface area contributed by atoms with Crippen LogP contribution in [-0.2, 0) is 15.8 Å². The lowest BCUT2D eigenvalue weighted by Crippen LogP contribution is -2.32. The van der Waals surface area contributed by atoms with Crippen LogP contribution in [0, 0.1) is 16.7 Å². The standard InChI is InChI=1S/C22H25F3N4O2S/c1-20(2)12-7-8-21(20,3)16(10-12)28-29-19-27-18(31)15(32-19)11-17(30)26-14-6-4-5-13(9-14)22(23,24)25/h4-6,9,12,15H,7-8,10-11H2,1-3H3,(H,26,30)(H,27,29,31)/b28-16+/t12-,15+,21-/m1/s1. The fourth-order valence-electron chi connectivity index (χ4n) is 4.93. The molecule has 32 heavy (non-hydrogen) atoms. The number of nitrogens with one attached hydrogen (secondary N) is 2. The number of amides is 2. The van der Waals surface area contributed by atoms with E-state index in [0.29, 0.717) is 11.1 Å². The van der Waals surface area contributed by atoms with Crippen LogP contribution in [0.2, 0.25) is 0 Å². The molecule has 1 saturated heterocycles. The highest BCUT2D eigenvalue weighted by atomic mass is 32.2. The molecule has 10 heteroatoms. The Morgan fingerprint density at radius 2 is 2.03 bits per heavy atom. The third kappa shape index (κ3) is 4.04. The average molecular weight is 467 g/mol. The summed E-state index contributed by atoms with van der Waals surface area (Å²) in [6.45, 7) is 6.76. The summed E-state index contributed by atoms with van der Waals surface area (Å²) in [5.74, 6) is -0.330. The van der Waals surface area contributed by atoms with Gasteiger partial charge in [0.2, 0.25) is 11.8 Å². The fourth-order valence-corrected chi connectivity index (χ4v) is 5.84. The number of benzene rings is 1. The molecule has 1 aliphatic heterocycles. The second-order valence-corrected chi connectivity index (χ2v) is 10.6. The SMILES string of the molecule is CC1(C)[C@@H]2CC[C@]1(C)/C(=N/N=C1\NC(=O)[C@H](CC(=O)Nc3cccc(C(F)(F)F)c3)S1)C2. The van der Waals surface area contributed by atoms with E-state index in [1.807, 2.05) is 0 Å². The zero-order valence-corrected chi connectivity index (χ0v) is 18.9. The van der Waals surface area contributed by atoms with Crippen molar-refractivity contribution in [2.24, 2.45) is 27.0 Å². The van der Waals surface area contributed by atoms with Crippen LogP contribution in [0.25, 0.3) is 0 Å². The summed E-state index contributed by atoms with van der Waals surface area (Å²) in [5, 5.41) is 13.4. The van der Waals surface area contributed by atoms with E-state index >= 15 is 0 Å². The minimum absolute atomic E-state index is 0.000748. The molecule has 1 aromatic carbocycles. The highest BCUT2D eigenvalue weighted by Crippen LogP contribution is 2.64. The van der Waals surface area contributed by atoms with Gasteiger partial charge in [0.15, 0.2) is 5.17 Å². The summed E-state index contributed by atoms with van der Waals surface area (Å²) >= 11 is 1.11. The fraction of sp³-hybridized carbons (Fsp3) is 0.545. The summed E-state index contributed by atoms with van der Waals surface area (Å²) in [5.41, 5.74) is 0.392. The van der Waals surface area contributed by atoms with Crippen LogP contribution in [0.3, 0.4) is 0 Å². The molecule has 0 radical (unpaired) electrons. The lowest BCUT2D eigenvalue weighted by Gasteiger charge is -2.34. The van der Waals surface area contributed by atoms with Crippen molar-refractivity contribution in [1.29, 1.82) is 0 Å². The van der Waals surface area contributed by atoms with Gasteiger partial charge in [-0.1, -0.05) is 38.6 Å². The van der Waals surface area contributed by atoms with Gasteiger partial charge in [-0.3, -0.25) is 9.59 Å². The lowest BCUT2D eigenvalue weighted by molar-refractivity contribution is -0.137. The number of rotatable bonds is 4. The number of carbonyl (C=O) groups excluding carboxylic acids is 2. The summed E-state index contributed by atoms with van der Waals surface area (Å²) in [6.07, 6.45) is -1.52. The van der Waals surface area contributed by atoms with Gasteiger partial charge in [-0.05, 0) is 48.8 Å². The van der Waals surface area contributed by atoms with Crippen LogP contribution >= 0.6 is 11.8 Å². The van der Waals surface area contributed by atoms with Crippen LogP contribution in [-0.4, -0.2) is 27.9 Å². The van der Waals surface area contributed by atoms with E-state index in [2.05, 4.69) is 41.6 Å². The van der Waals surface area contributed by atoms with E-state index in [1.165, 1.54) is 18.6 Å². The average Bonchev–Trinajstić information content (AvgIpc) is 3.22. The second kappa shape index (κ2) is 7.90. The van der Waals surface area contributed by atoms with Crippen molar-refractivity contribution < 1.29 is 22.8 Å². The molecule has 172 valence electrons. The molecule has 1 heterocycles. The van der Waals surface area contributed by atoms with Gasteiger partial charge >= 0.3 is 6.18 Å². The first-order valence-electron chi connectivity index (χ1n) is 10.5. The van der Waals surface area contributed by atoms with Crippen LogP contribution in [0.1, 0.15) is 52.0 Å². The van der Waals surface area contributed by atoms with E-state index < -0.39 is 22.9 Å². The molecular formula is C22H25F3N4O2S. The number of fused-ring (bicyclic) bond motifs is 2. The molecule has 2 saturated carbocycles. The molecule has 6 nitrogen and oxygen atoms in total. The second-order valence-electron chi connectivity index (χ2n) is 9.37. The van der Waals surface area contributed by atoms with Crippen molar-refractivity contribution >= 4 is 40.1 Å². The van der Waals surface area contributed by atoms with Crippen LogP contribution in [0.15, 0.2) is 34.5 Å². The Labute approximate surface area is 188 Å². The molecule has 3 aliphatic rings.